The summed E-state index contributed by atoms with van der Waals surface area (Å²) in [7, 11) is 3.21. The molecule has 1 aromatic rings. The van der Waals surface area contributed by atoms with Crippen LogP contribution in [0.1, 0.15) is 12.0 Å². The number of halogens is 1. The summed E-state index contributed by atoms with van der Waals surface area (Å²) in [5, 5.41) is 0. The van der Waals surface area contributed by atoms with Gasteiger partial charge in [-0.05, 0) is 37.7 Å². The molecule has 1 aliphatic heterocycles. The summed E-state index contributed by atoms with van der Waals surface area (Å²) in [5.74, 6) is -0.821. The molecule has 0 N–H and O–H groups in total. The Labute approximate surface area is 112 Å². The molecule has 0 aromatic heterocycles. The smallest absolute Gasteiger partial charge is 0.331 e. The molecule has 0 radical (unpaired) electrons. The summed E-state index contributed by atoms with van der Waals surface area (Å²) in [6.07, 6.45) is 2.55. The highest BCUT2D eigenvalue weighted by Gasteiger charge is 2.54. The Morgan fingerprint density at radius 3 is 2.95 bits per heavy atom. The second-order valence-corrected chi connectivity index (χ2v) is 4.82. The molecule has 0 unspecified atom stereocenters. The molecule has 1 fully saturated rings. The minimum atomic E-state index is -0.974. The molecule has 4 heteroatoms. The molecule has 0 aliphatic carbocycles. The van der Waals surface area contributed by atoms with E-state index in [1.165, 1.54) is 19.2 Å². The molecule has 1 aliphatic rings. The summed E-state index contributed by atoms with van der Waals surface area (Å²) in [6, 6.07) is 6.14. The van der Waals surface area contributed by atoms with E-state index in [2.05, 4.69) is 6.58 Å². The number of ether oxygens (including phenoxy) is 1. The van der Waals surface area contributed by atoms with Gasteiger partial charge in [-0.1, -0.05) is 18.2 Å². The molecular formula is C15H18FNO2. The van der Waals surface area contributed by atoms with Crippen LogP contribution in [0.25, 0.3) is 0 Å². The predicted molar refractivity (Wildman–Crippen MR) is 71.0 cm³/mol. The van der Waals surface area contributed by atoms with Gasteiger partial charge >= 0.3 is 5.97 Å². The first kappa shape index (κ1) is 13.7. The van der Waals surface area contributed by atoms with Crippen LogP contribution in [0.5, 0.6) is 0 Å². The van der Waals surface area contributed by atoms with E-state index in [9.17, 15) is 9.18 Å². The summed E-state index contributed by atoms with van der Waals surface area (Å²) in [5.41, 5.74) is -0.359. The zero-order valence-electron chi connectivity index (χ0n) is 11.2. The second kappa shape index (κ2) is 5.13. The topological polar surface area (TPSA) is 29.5 Å². The predicted octanol–water partition coefficient (Wildman–Crippen LogP) is 2.33. The van der Waals surface area contributed by atoms with Gasteiger partial charge in [-0.25, -0.2) is 9.18 Å². The summed E-state index contributed by atoms with van der Waals surface area (Å²) < 4.78 is 18.5. The Kier molecular flexibility index (Phi) is 3.71. The third kappa shape index (κ3) is 1.96. The van der Waals surface area contributed by atoms with Crippen molar-refractivity contribution in [2.45, 2.75) is 12.0 Å². The van der Waals surface area contributed by atoms with Crippen LogP contribution in [0.3, 0.4) is 0 Å². The van der Waals surface area contributed by atoms with Crippen molar-refractivity contribution in [3.8, 4) is 0 Å². The minimum Gasteiger partial charge on any atom is -0.467 e. The van der Waals surface area contributed by atoms with Crippen LogP contribution in [0.4, 0.5) is 4.39 Å². The monoisotopic (exact) mass is 263 g/mol. The number of carbonyl (C=O) groups excluding carboxylic acids is 1. The molecule has 102 valence electrons. The lowest BCUT2D eigenvalue weighted by molar-refractivity contribution is -0.155. The van der Waals surface area contributed by atoms with E-state index >= 15 is 0 Å². The number of hydrogen-bond donors (Lipinski definition) is 0. The maximum atomic E-state index is 13.5. The Morgan fingerprint density at radius 1 is 1.63 bits per heavy atom. The highest BCUT2D eigenvalue weighted by Crippen LogP contribution is 2.44. The fourth-order valence-electron chi connectivity index (χ4n) is 3.03. The number of benzene rings is 1. The highest BCUT2D eigenvalue weighted by molar-refractivity contribution is 5.84. The van der Waals surface area contributed by atoms with E-state index in [0.29, 0.717) is 5.56 Å². The fraction of sp³-hybridized carbons (Fsp3) is 0.400. The average molecular weight is 263 g/mol. The van der Waals surface area contributed by atoms with E-state index < -0.39 is 5.54 Å². The van der Waals surface area contributed by atoms with Crippen LogP contribution in [0.2, 0.25) is 0 Å². The summed E-state index contributed by atoms with van der Waals surface area (Å²) >= 11 is 0. The lowest BCUT2D eigenvalue weighted by Crippen LogP contribution is -2.50. The second-order valence-electron chi connectivity index (χ2n) is 4.82. The van der Waals surface area contributed by atoms with Gasteiger partial charge in [-0.15, -0.1) is 6.58 Å². The first-order valence-corrected chi connectivity index (χ1v) is 6.25. The Balaban J connectivity index is 2.63. The van der Waals surface area contributed by atoms with E-state index in [4.69, 9.17) is 4.74 Å². The summed E-state index contributed by atoms with van der Waals surface area (Å²) in [4.78, 5) is 14.3. The van der Waals surface area contributed by atoms with Crippen LogP contribution in [0.15, 0.2) is 36.9 Å². The average Bonchev–Trinajstić information content (AvgIpc) is 2.75. The highest BCUT2D eigenvalue weighted by atomic mass is 19.1. The fourth-order valence-corrected chi connectivity index (χ4v) is 3.03. The normalized spacial score (nSPS) is 27.2. The van der Waals surface area contributed by atoms with Crippen molar-refractivity contribution in [1.29, 1.82) is 0 Å². The van der Waals surface area contributed by atoms with Crippen molar-refractivity contribution in [3.05, 3.63) is 48.3 Å². The zero-order chi connectivity index (χ0) is 14.0. The zero-order valence-corrected chi connectivity index (χ0v) is 11.2. The standard InChI is InChI=1S/C15H18FNO2/c1-4-11-8-9-17(2)15(11,14(18)19-3)12-6-5-7-13(16)10-12/h4-7,10-11H,1,8-9H2,2-3H3/t11-,15-/m1/s1. The van der Waals surface area contributed by atoms with Gasteiger partial charge in [0.1, 0.15) is 5.82 Å². The van der Waals surface area contributed by atoms with Gasteiger partial charge in [0, 0.05) is 5.92 Å². The van der Waals surface area contributed by atoms with Crippen LogP contribution in [-0.4, -0.2) is 31.6 Å². The lowest BCUT2D eigenvalue weighted by atomic mass is 9.78. The van der Waals surface area contributed by atoms with E-state index in [1.807, 2.05) is 11.9 Å². The van der Waals surface area contributed by atoms with Gasteiger partial charge in [0.15, 0.2) is 5.54 Å². The first-order valence-electron chi connectivity index (χ1n) is 6.25. The van der Waals surface area contributed by atoms with Crippen molar-refractivity contribution in [2.75, 3.05) is 20.7 Å². The molecule has 0 bridgehead atoms. The number of nitrogens with zero attached hydrogens (tertiary/aromatic N) is 1. The van der Waals surface area contributed by atoms with Gasteiger partial charge in [-0.2, -0.15) is 0 Å². The minimum absolute atomic E-state index is 0.0910. The maximum Gasteiger partial charge on any atom is 0.331 e. The molecule has 1 aromatic carbocycles. The van der Waals surface area contributed by atoms with Crippen molar-refractivity contribution in [2.24, 2.45) is 5.92 Å². The summed E-state index contributed by atoms with van der Waals surface area (Å²) in [6.45, 7) is 4.55. The van der Waals surface area contributed by atoms with Crippen LogP contribution < -0.4 is 0 Å². The molecule has 3 nitrogen and oxygen atoms in total. The number of likely N-dealkylation sites (tertiary alicyclic amines) is 1. The number of likely N-dealkylation sites (N-methyl/N-ethyl adjacent to an activating group) is 1. The van der Waals surface area contributed by atoms with E-state index in [-0.39, 0.29) is 17.7 Å². The Hall–Kier alpha value is -1.68. The largest absolute Gasteiger partial charge is 0.467 e. The third-order valence-corrected chi connectivity index (χ3v) is 3.96. The molecule has 2 atom stereocenters. The van der Waals surface area contributed by atoms with Crippen molar-refractivity contribution < 1.29 is 13.9 Å². The third-order valence-electron chi connectivity index (χ3n) is 3.96. The van der Waals surface area contributed by atoms with Gasteiger partial charge in [-0.3, -0.25) is 4.90 Å². The van der Waals surface area contributed by atoms with Gasteiger partial charge in [0.2, 0.25) is 0 Å². The lowest BCUT2D eigenvalue weighted by Gasteiger charge is -2.37. The Bertz CT molecular complexity index is 503. The quantitative estimate of drug-likeness (QED) is 0.619. The van der Waals surface area contributed by atoms with Crippen LogP contribution in [0, 0.1) is 11.7 Å². The number of methoxy groups -OCH3 is 1. The molecule has 0 spiro atoms. The van der Waals surface area contributed by atoms with Gasteiger partial charge < -0.3 is 4.74 Å². The number of hydrogen-bond acceptors (Lipinski definition) is 3. The molecule has 2 rings (SSSR count). The first-order chi connectivity index (χ1) is 9.07. The molecule has 1 saturated heterocycles. The van der Waals surface area contributed by atoms with Crippen LogP contribution in [-0.2, 0) is 15.1 Å². The van der Waals surface area contributed by atoms with Gasteiger partial charge in [0.25, 0.3) is 0 Å². The van der Waals surface area contributed by atoms with E-state index in [0.717, 1.165) is 13.0 Å². The van der Waals surface area contributed by atoms with Crippen molar-refractivity contribution >= 4 is 5.97 Å². The van der Waals surface area contributed by atoms with Crippen LogP contribution >= 0.6 is 0 Å². The Morgan fingerprint density at radius 2 is 2.37 bits per heavy atom. The molecule has 19 heavy (non-hydrogen) atoms. The van der Waals surface area contributed by atoms with E-state index in [1.54, 1.807) is 18.2 Å². The number of carbonyl (C=O) groups is 1. The molecule has 0 amide bonds. The maximum absolute atomic E-state index is 13.5. The molecule has 0 saturated carbocycles. The molecular weight excluding hydrogens is 245 g/mol. The number of rotatable bonds is 3. The molecule has 1 heterocycles. The number of esters is 1. The van der Waals surface area contributed by atoms with Gasteiger partial charge in [0.05, 0.1) is 7.11 Å². The van der Waals surface area contributed by atoms with Crippen molar-refractivity contribution in [3.63, 3.8) is 0 Å². The van der Waals surface area contributed by atoms with Crippen molar-refractivity contribution in [1.82, 2.24) is 4.90 Å². The SMILES string of the molecule is C=C[C@@H]1CCN(C)[C@@]1(C(=O)OC)c1cccc(F)c1.